The van der Waals surface area contributed by atoms with Gasteiger partial charge in [0.2, 0.25) is 15.9 Å². The largest absolute Gasteiger partial charge is 0.489 e. The zero-order chi connectivity index (χ0) is 24.7. The molecule has 1 aliphatic heterocycles. The van der Waals surface area contributed by atoms with Crippen molar-refractivity contribution in [1.82, 2.24) is 4.31 Å². The number of rotatable bonds is 10. The Morgan fingerprint density at radius 1 is 1.09 bits per heavy atom. The number of hydrogen-bond acceptors (Lipinski definition) is 6. The Balaban J connectivity index is 1.85. The normalized spacial score (nSPS) is 15.7. The van der Waals surface area contributed by atoms with E-state index < -0.39 is 16.1 Å². The van der Waals surface area contributed by atoms with Crippen LogP contribution in [0.4, 0.5) is 11.4 Å². The van der Waals surface area contributed by atoms with Crippen LogP contribution in [0.25, 0.3) is 0 Å². The van der Waals surface area contributed by atoms with Gasteiger partial charge >= 0.3 is 0 Å². The number of nitrogens with zero attached hydrogens (tertiary/aromatic N) is 2. The molecule has 34 heavy (non-hydrogen) atoms. The van der Waals surface area contributed by atoms with Crippen molar-refractivity contribution in [3.63, 3.8) is 0 Å². The van der Waals surface area contributed by atoms with E-state index in [1.165, 1.54) is 16.4 Å². The molecule has 1 saturated heterocycles. The fraction of sp³-hybridized carbons (Fsp3) is 0.480. The molecule has 1 aliphatic rings. The third-order valence-electron chi connectivity index (χ3n) is 5.48. The number of carbonyl (C=O) groups excluding carboxylic acids is 1. The summed E-state index contributed by atoms with van der Waals surface area (Å²) in [6.45, 7) is 6.65. The molecule has 0 saturated carbocycles. The molecule has 0 radical (unpaired) electrons. The van der Waals surface area contributed by atoms with Crippen molar-refractivity contribution in [3.05, 3.63) is 48.5 Å². The summed E-state index contributed by atoms with van der Waals surface area (Å²) in [6.07, 6.45) is 1.92. The highest BCUT2D eigenvalue weighted by atomic mass is 32.2. The number of hydrogen-bond donors (Lipinski definition) is 2. The van der Waals surface area contributed by atoms with Crippen molar-refractivity contribution < 1.29 is 23.1 Å². The minimum atomic E-state index is -3.66. The van der Waals surface area contributed by atoms with E-state index in [-0.39, 0.29) is 30.0 Å². The zero-order valence-corrected chi connectivity index (χ0v) is 20.9. The minimum absolute atomic E-state index is 0.0147. The SMILES string of the molecule is CC(O)CN(CC(=O)Nc1cc(S(=O)(=O)N2CCCCC2)ccc1OC(C)C)c1ccccc1. The van der Waals surface area contributed by atoms with Gasteiger partial charge in [-0.25, -0.2) is 8.42 Å². The fourth-order valence-corrected chi connectivity index (χ4v) is 5.50. The highest BCUT2D eigenvalue weighted by Crippen LogP contribution is 2.31. The van der Waals surface area contributed by atoms with Crippen LogP contribution in [-0.2, 0) is 14.8 Å². The van der Waals surface area contributed by atoms with E-state index in [1.54, 1.807) is 17.9 Å². The number of para-hydroxylation sites is 1. The third kappa shape index (κ3) is 6.94. The van der Waals surface area contributed by atoms with E-state index in [2.05, 4.69) is 5.32 Å². The quantitative estimate of drug-likeness (QED) is 0.530. The molecule has 8 nitrogen and oxygen atoms in total. The van der Waals surface area contributed by atoms with Crippen molar-refractivity contribution in [3.8, 4) is 5.75 Å². The smallest absolute Gasteiger partial charge is 0.243 e. The summed E-state index contributed by atoms with van der Waals surface area (Å²) in [4.78, 5) is 14.9. The Hall–Kier alpha value is -2.62. The number of benzene rings is 2. The first-order chi connectivity index (χ1) is 16.2. The number of piperidine rings is 1. The molecular formula is C25H35N3O5S. The van der Waals surface area contributed by atoms with Crippen LogP contribution in [0.1, 0.15) is 40.0 Å². The van der Waals surface area contributed by atoms with Crippen LogP contribution >= 0.6 is 0 Å². The highest BCUT2D eigenvalue weighted by Gasteiger charge is 2.27. The summed E-state index contributed by atoms with van der Waals surface area (Å²) in [6, 6.07) is 14.0. The molecule has 0 aromatic heterocycles. The average molecular weight is 490 g/mol. The molecule has 2 N–H and O–H groups in total. The van der Waals surface area contributed by atoms with Crippen LogP contribution < -0.4 is 15.0 Å². The van der Waals surface area contributed by atoms with E-state index in [0.29, 0.717) is 24.5 Å². The highest BCUT2D eigenvalue weighted by molar-refractivity contribution is 7.89. The lowest BCUT2D eigenvalue weighted by Crippen LogP contribution is -2.38. The van der Waals surface area contributed by atoms with Crippen molar-refractivity contribution in [1.29, 1.82) is 0 Å². The van der Waals surface area contributed by atoms with Gasteiger partial charge in [0.25, 0.3) is 0 Å². The first-order valence-electron chi connectivity index (χ1n) is 11.8. The first-order valence-corrected chi connectivity index (χ1v) is 13.2. The second kappa shape index (κ2) is 11.7. The molecule has 186 valence electrons. The van der Waals surface area contributed by atoms with Gasteiger partial charge in [-0.2, -0.15) is 4.31 Å². The van der Waals surface area contributed by atoms with Crippen LogP contribution in [0.3, 0.4) is 0 Å². The maximum Gasteiger partial charge on any atom is 0.243 e. The maximum absolute atomic E-state index is 13.2. The monoisotopic (exact) mass is 489 g/mol. The number of ether oxygens (including phenoxy) is 1. The second-order valence-corrected chi connectivity index (χ2v) is 10.8. The van der Waals surface area contributed by atoms with Crippen molar-refractivity contribution in [2.45, 2.75) is 57.1 Å². The lowest BCUT2D eigenvalue weighted by Gasteiger charge is -2.27. The minimum Gasteiger partial charge on any atom is -0.489 e. The molecule has 3 rings (SSSR count). The number of anilines is 2. The maximum atomic E-state index is 13.2. The van der Waals surface area contributed by atoms with Crippen LogP contribution in [0.2, 0.25) is 0 Å². The van der Waals surface area contributed by atoms with Gasteiger partial charge in [0, 0.05) is 25.3 Å². The van der Waals surface area contributed by atoms with Gasteiger partial charge in [-0.15, -0.1) is 0 Å². The number of aliphatic hydroxyl groups is 1. The first kappa shape index (κ1) is 26.0. The van der Waals surface area contributed by atoms with Gasteiger partial charge in [-0.1, -0.05) is 24.6 Å². The van der Waals surface area contributed by atoms with Gasteiger partial charge in [0.15, 0.2) is 0 Å². The van der Waals surface area contributed by atoms with E-state index in [1.807, 2.05) is 44.2 Å². The molecule has 1 atom stereocenters. The molecule has 0 spiro atoms. The van der Waals surface area contributed by atoms with Crippen molar-refractivity contribution in [2.75, 3.05) is 36.4 Å². The fourth-order valence-electron chi connectivity index (χ4n) is 3.96. The summed E-state index contributed by atoms with van der Waals surface area (Å²) < 4.78 is 33.7. The standard InChI is InChI=1S/C25H35N3O5S/c1-19(2)33-24-13-12-22(34(31,32)28-14-8-5-9-15-28)16-23(24)26-25(30)18-27(17-20(3)29)21-10-6-4-7-11-21/h4,6-7,10-13,16,19-20,29H,5,8-9,14-15,17-18H2,1-3H3,(H,26,30). The topological polar surface area (TPSA) is 99.2 Å². The molecule has 0 bridgehead atoms. The van der Waals surface area contributed by atoms with Crippen LogP contribution in [0.5, 0.6) is 5.75 Å². The Bertz CT molecular complexity index is 1050. The zero-order valence-electron chi connectivity index (χ0n) is 20.1. The van der Waals surface area contributed by atoms with E-state index in [0.717, 1.165) is 24.9 Å². The van der Waals surface area contributed by atoms with Crippen LogP contribution in [0.15, 0.2) is 53.4 Å². The van der Waals surface area contributed by atoms with Gasteiger partial charge in [0.1, 0.15) is 5.75 Å². The van der Waals surface area contributed by atoms with Crippen LogP contribution in [-0.4, -0.2) is 62.1 Å². The van der Waals surface area contributed by atoms with Gasteiger partial charge < -0.3 is 20.1 Å². The molecule has 9 heteroatoms. The summed E-state index contributed by atoms with van der Waals surface area (Å²) >= 11 is 0. The lowest BCUT2D eigenvalue weighted by atomic mass is 10.2. The van der Waals surface area contributed by atoms with Gasteiger partial charge in [-0.05, 0) is 63.9 Å². The van der Waals surface area contributed by atoms with Gasteiger partial charge in [-0.3, -0.25) is 4.79 Å². The molecule has 1 heterocycles. The lowest BCUT2D eigenvalue weighted by molar-refractivity contribution is -0.115. The Labute approximate surface area is 202 Å². The predicted octanol–water partition coefficient (Wildman–Crippen LogP) is 3.47. The number of carbonyl (C=O) groups is 1. The molecule has 2 aromatic rings. The summed E-state index contributed by atoms with van der Waals surface area (Å²) in [5.74, 6) is 0.0633. The van der Waals surface area contributed by atoms with E-state index in [4.69, 9.17) is 4.74 Å². The summed E-state index contributed by atoms with van der Waals surface area (Å²) in [7, 11) is -3.66. The number of nitrogens with one attached hydrogen (secondary N) is 1. The molecule has 1 amide bonds. The Morgan fingerprint density at radius 2 is 1.76 bits per heavy atom. The number of aliphatic hydroxyl groups excluding tert-OH is 1. The summed E-state index contributed by atoms with van der Waals surface area (Å²) in [5.41, 5.74) is 1.11. The number of amides is 1. The molecule has 0 aliphatic carbocycles. The molecular weight excluding hydrogens is 454 g/mol. The second-order valence-electron chi connectivity index (χ2n) is 8.90. The molecule has 1 fully saturated rings. The Morgan fingerprint density at radius 3 is 2.38 bits per heavy atom. The Kier molecular flexibility index (Phi) is 8.93. The molecule has 2 aromatic carbocycles. The predicted molar refractivity (Wildman–Crippen MR) is 134 cm³/mol. The van der Waals surface area contributed by atoms with Crippen molar-refractivity contribution >= 4 is 27.3 Å². The third-order valence-corrected chi connectivity index (χ3v) is 7.38. The van der Waals surface area contributed by atoms with Crippen LogP contribution in [0, 0.1) is 0 Å². The summed E-state index contributed by atoms with van der Waals surface area (Å²) in [5, 5.41) is 12.7. The number of sulfonamides is 1. The van der Waals surface area contributed by atoms with E-state index in [9.17, 15) is 18.3 Å². The van der Waals surface area contributed by atoms with E-state index >= 15 is 0 Å². The molecule has 1 unspecified atom stereocenters. The van der Waals surface area contributed by atoms with Crippen molar-refractivity contribution in [2.24, 2.45) is 0 Å². The van der Waals surface area contributed by atoms with Gasteiger partial charge in [0.05, 0.1) is 29.3 Å². The average Bonchev–Trinajstić information content (AvgIpc) is 2.80.